The number of hydrogen-bond acceptors (Lipinski definition) is 5. The van der Waals surface area contributed by atoms with E-state index >= 15 is 0 Å². The van der Waals surface area contributed by atoms with Crippen LogP contribution in [0.1, 0.15) is 5.56 Å². The molecule has 5 nitrogen and oxygen atoms in total. The van der Waals surface area contributed by atoms with Crippen molar-refractivity contribution in [3.8, 4) is 11.3 Å². The highest BCUT2D eigenvalue weighted by Crippen LogP contribution is 2.27. The molecule has 0 radical (unpaired) electrons. The van der Waals surface area contributed by atoms with Crippen LogP contribution in [-0.4, -0.2) is 15.1 Å². The monoisotopic (exact) mass is 373 g/mol. The average Bonchev–Trinajstić information content (AvgIpc) is 2.72. The predicted octanol–water partition coefficient (Wildman–Crippen LogP) is 5.50. The number of nitro benzene ring substituents is 1. The van der Waals surface area contributed by atoms with Crippen LogP contribution in [0.3, 0.4) is 0 Å². The molecule has 0 saturated heterocycles. The van der Waals surface area contributed by atoms with Crippen molar-refractivity contribution >= 4 is 28.2 Å². The summed E-state index contributed by atoms with van der Waals surface area (Å²) in [7, 11) is 0. The van der Waals surface area contributed by atoms with Gasteiger partial charge in [0.15, 0.2) is 0 Å². The van der Waals surface area contributed by atoms with E-state index in [0.717, 1.165) is 16.3 Å². The van der Waals surface area contributed by atoms with Crippen molar-refractivity contribution < 1.29 is 4.92 Å². The Kier molecular flexibility index (Phi) is 4.80. The van der Waals surface area contributed by atoms with E-state index in [1.807, 2.05) is 18.2 Å². The van der Waals surface area contributed by atoms with Gasteiger partial charge in [0.1, 0.15) is 5.03 Å². The third-order valence-corrected chi connectivity index (χ3v) is 5.24. The van der Waals surface area contributed by atoms with Crippen molar-refractivity contribution in [2.75, 3.05) is 0 Å². The van der Waals surface area contributed by atoms with Crippen LogP contribution in [0.5, 0.6) is 0 Å². The topological polar surface area (TPSA) is 68.9 Å². The third-order valence-electron chi connectivity index (χ3n) is 4.27. The number of nitrogens with zero attached hydrogens (tertiary/aromatic N) is 3. The standard InChI is InChI=1S/C21H15N3O2S/c25-24(26)18-10-8-16(9-11-18)20-12-13-21(23-22-20)27-14-17-6-3-5-15-4-1-2-7-19(15)17/h1-13H,14H2. The molecule has 3 aromatic carbocycles. The fraction of sp³-hybridized carbons (Fsp3) is 0.0476. The van der Waals surface area contributed by atoms with Gasteiger partial charge in [0, 0.05) is 23.4 Å². The largest absolute Gasteiger partial charge is 0.269 e. The Labute approximate surface area is 160 Å². The summed E-state index contributed by atoms with van der Waals surface area (Å²) in [6.45, 7) is 0. The summed E-state index contributed by atoms with van der Waals surface area (Å²) in [5.41, 5.74) is 2.83. The highest BCUT2D eigenvalue weighted by Gasteiger charge is 2.07. The Balaban J connectivity index is 1.48. The summed E-state index contributed by atoms with van der Waals surface area (Å²) in [4.78, 5) is 10.3. The number of thioether (sulfide) groups is 1. The molecule has 0 amide bonds. The molecule has 0 fully saturated rings. The first-order valence-corrected chi connectivity index (χ1v) is 9.37. The second kappa shape index (κ2) is 7.55. The normalized spacial score (nSPS) is 10.8. The summed E-state index contributed by atoms with van der Waals surface area (Å²) < 4.78 is 0. The molecule has 0 saturated carbocycles. The number of hydrogen-bond donors (Lipinski definition) is 0. The molecule has 132 valence electrons. The zero-order valence-electron chi connectivity index (χ0n) is 14.3. The molecule has 4 aromatic rings. The molecular weight excluding hydrogens is 358 g/mol. The van der Waals surface area contributed by atoms with Gasteiger partial charge in [-0.25, -0.2) is 0 Å². The van der Waals surface area contributed by atoms with Gasteiger partial charge in [0.05, 0.1) is 10.6 Å². The van der Waals surface area contributed by atoms with Gasteiger partial charge in [-0.3, -0.25) is 10.1 Å². The first-order valence-electron chi connectivity index (χ1n) is 8.39. The molecule has 0 aliphatic heterocycles. The van der Waals surface area contributed by atoms with Crippen molar-refractivity contribution in [3.05, 3.63) is 94.5 Å². The van der Waals surface area contributed by atoms with Crippen LogP contribution >= 0.6 is 11.8 Å². The molecule has 6 heteroatoms. The minimum absolute atomic E-state index is 0.0639. The summed E-state index contributed by atoms with van der Waals surface area (Å²) in [6, 6.07) is 24.8. The Morgan fingerprint density at radius 2 is 1.63 bits per heavy atom. The molecule has 27 heavy (non-hydrogen) atoms. The Bertz CT molecular complexity index is 1090. The molecular formula is C21H15N3O2S. The van der Waals surface area contributed by atoms with E-state index in [1.165, 1.54) is 28.5 Å². The highest BCUT2D eigenvalue weighted by molar-refractivity contribution is 7.98. The van der Waals surface area contributed by atoms with Gasteiger partial charge >= 0.3 is 0 Å². The number of aromatic nitrogens is 2. The summed E-state index contributed by atoms with van der Waals surface area (Å²) in [5.74, 6) is 0.812. The van der Waals surface area contributed by atoms with Crippen LogP contribution in [0.25, 0.3) is 22.0 Å². The van der Waals surface area contributed by atoms with E-state index in [2.05, 4.69) is 46.6 Å². The van der Waals surface area contributed by atoms with Gasteiger partial charge in [-0.15, -0.1) is 10.2 Å². The minimum Gasteiger partial charge on any atom is -0.258 e. The lowest BCUT2D eigenvalue weighted by Gasteiger charge is -2.06. The summed E-state index contributed by atoms with van der Waals surface area (Å²) in [5, 5.41) is 22.6. The Morgan fingerprint density at radius 3 is 2.37 bits per heavy atom. The number of benzene rings is 3. The second-order valence-electron chi connectivity index (χ2n) is 5.99. The number of non-ortho nitro benzene ring substituents is 1. The zero-order valence-corrected chi connectivity index (χ0v) is 15.1. The lowest BCUT2D eigenvalue weighted by atomic mass is 10.1. The minimum atomic E-state index is -0.414. The maximum atomic E-state index is 10.7. The van der Waals surface area contributed by atoms with Crippen LogP contribution in [0.4, 0.5) is 5.69 Å². The SMILES string of the molecule is O=[N+]([O-])c1ccc(-c2ccc(SCc3cccc4ccccc34)nn2)cc1. The van der Waals surface area contributed by atoms with Crippen molar-refractivity contribution in [2.24, 2.45) is 0 Å². The molecule has 0 aliphatic rings. The van der Waals surface area contributed by atoms with Gasteiger partial charge in [0.2, 0.25) is 0 Å². The van der Waals surface area contributed by atoms with Gasteiger partial charge < -0.3 is 0 Å². The molecule has 4 rings (SSSR count). The van der Waals surface area contributed by atoms with Crippen molar-refractivity contribution in [3.63, 3.8) is 0 Å². The third kappa shape index (κ3) is 3.80. The Morgan fingerprint density at radius 1 is 0.852 bits per heavy atom. The fourth-order valence-electron chi connectivity index (χ4n) is 2.87. The lowest BCUT2D eigenvalue weighted by molar-refractivity contribution is -0.384. The fourth-order valence-corrected chi connectivity index (χ4v) is 3.69. The van der Waals surface area contributed by atoms with Crippen molar-refractivity contribution in [1.29, 1.82) is 0 Å². The predicted molar refractivity (Wildman–Crippen MR) is 108 cm³/mol. The van der Waals surface area contributed by atoms with Crippen molar-refractivity contribution in [2.45, 2.75) is 10.8 Å². The van der Waals surface area contributed by atoms with Crippen LogP contribution in [-0.2, 0) is 5.75 Å². The second-order valence-corrected chi connectivity index (χ2v) is 6.98. The maximum absolute atomic E-state index is 10.7. The Hall–Kier alpha value is -3.25. The van der Waals surface area contributed by atoms with Crippen LogP contribution in [0, 0.1) is 10.1 Å². The van der Waals surface area contributed by atoms with Gasteiger partial charge in [-0.2, -0.15) is 0 Å². The lowest BCUT2D eigenvalue weighted by Crippen LogP contribution is -1.91. The van der Waals surface area contributed by atoms with Crippen LogP contribution in [0.2, 0.25) is 0 Å². The van der Waals surface area contributed by atoms with E-state index in [4.69, 9.17) is 0 Å². The molecule has 0 spiro atoms. The molecule has 0 atom stereocenters. The van der Waals surface area contributed by atoms with Crippen LogP contribution in [0.15, 0.2) is 83.9 Å². The van der Waals surface area contributed by atoms with Gasteiger partial charge in [-0.05, 0) is 40.6 Å². The first kappa shape index (κ1) is 17.2. The van der Waals surface area contributed by atoms with Gasteiger partial charge in [-0.1, -0.05) is 54.2 Å². The summed E-state index contributed by atoms with van der Waals surface area (Å²) in [6.07, 6.45) is 0. The van der Waals surface area contributed by atoms with E-state index in [0.29, 0.717) is 5.69 Å². The van der Waals surface area contributed by atoms with E-state index in [9.17, 15) is 10.1 Å². The van der Waals surface area contributed by atoms with Gasteiger partial charge in [0.25, 0.3) is 5.69 Å². The van der Waals surface area contributed by atoms with E-state index in [-0.39, 0.29) is 5.69 Å². The van der Waals surface area contributed by atoms with E-state index < -0.39 is 4.92 Å². The molecule has 0 unspecified atom stereocenters. The quantitative estimate of drug-likeness (QED) is 0.262. The first-order chi connectivity index (χ1) is 13.2. The smallest absolute Gasteiger partial charge is 0.258 e. The van der Waals surface area contributed by atoms with E-state index in [1.54, 1.807) is 23.9 Å². The number of rotatable bonds is 5. The highest BCUT2D eigenvalue weighted by atomic mass is 32.2. The number of fused-ring (bicyclic) bond motifs is 1. The average molecular weight is 373 g/mol. The van der Waals surface area contributed by atoms with Crippen molar-refractivity contribution in [1.82, 2.24) is 10.2 Å². The molecule has 0 N–H and O–H groups in total. The molecule has 0 bridgehead atoms. The zero-order chi connectivity index (χ0) is 18.6. The van der Waals surface area contributed by atoms with Crippen LogP contribution < -0.4 is 0 Å². The molecule has 0 aliphatic carbocycles. The summed E-state index contributed by atoms with van der Waals surface area (Å²) >= 11 is 1.64. The molecule has 1 aromatic heterocycles. The maximum Gasteiger partial charge on any atom is 0.269 e. The number of nitro groups is 1. The molecule has 1 heterocycles.